The molecule has 1 fully saturated rings. The standard InChI is InChI=1S/C12H22N2O3/c1-4-17-12(16)10(13)11(15)14-6-5-8(2)7-9(14)3/h8-10H,4-7,13H2,1-3H3. The number of esters is 1. The van der Waals surface area contributed by atoms with Crippen LogP contribution in [0.25, 0.3) is 0 Å². The molecular formula is C12H22N2O3. The summed E-state index contributed by atoms with van der Waals surface area (Å²) in [7, 11) is 0. The molecule has 1 aliphatic rings. The fraction of sp³-hybridized carbons (Fsp3) is 0.833. The maximum absolute atomic E-state index is 12.0. The van der Waals surface area contributed by atoms with E-state index in [1.165, 1.54) is 0 Å². The van der Waals surface area contributed by atoms with Gasteiger partial charge in [-0.15, -0.1) is 0 Å². The first-order valence-electron chi connectivity index (χ1n) is 6.20. The highest BCUT2D eigenvalue weighted by molar-refractivity contribution is 6.01. The molecule has 0 bridgehead atoms. The lowest BCUT2D eigenvalue weighted by Gasteiger charge is -2.37. The van der Waals surface area contributed by atoms with Gasteiger partial charge in [-0.2, -0.15) is 0 Å². The summed E-state index contributed by atoms with van der Waals surface area (Å²) in [6.45, 7) is 6.77. The van der Waals surface area contributed by atoms with Gasteiger partial charge < -0.3 is 15.4 Å². The van der Waals surface area contributed by atoms with Crippen LogP contribution in [0.1, 0.15) is 33.6 Å². The summed E-state index contributed by atoms with van der Waals surface area (Å²) in [4.78, 5) is 25.1. The van der Waals surface area contributed by atoms with Crippen molar-refractivity contribution in [3.63, 3.8) is 0 Å². The van der Waals surface area contributed by atoms with Gasteiger partial charge in [0, 0.05) is 12.6 Å². The van der Waals surface area contributed by atoms with Crippen LogP contribution < -0.4 is 5.73 Å². The molecule has 1 heterocycles. The Bertz CT molecular complexity index is 293. The molecule has 0 radical (unpaired) electrons. The predicted molar refractivity (Wildman–Crippen MR) is 64.2 cm³/mol. The summed E-state index contributed by atoms with van der Waals surface area (Å²) >= 11 is 0. The molecule has 98 valence electrons. The molecule has 0 aromatic carbocycles. The van der Waals surface area contributed by atoms with E-state index in [0.717, 1.165) is 12.8 Å². The third-order valence-electron chi connectivity index (χ3n) is 3.23. The molecule has 5 nitrogen and oxygen atoms in total. The molecule has 0 aromatic heterocycles. The van der Waals surface area contributed by atoms with E-state index in [4.69, 9.17) is 10.5 Å². The number of piperidine rings is 1. The molecule has 17 heavy (non-hydrogen) atoms. The topological polar surface area (TPSA) is 72.6 Å². The van der Waals surface area contributed by atoms with Crippen LogP contribution in [0.3, 0.4) is 0 Å². The number of hydrogen-bond donors (Lipinski definition) is 1. The number of nitrogens with zero attached hydrogens (tertiary/aromatic N) is 1. The minimum absolute atomic E-state index is 0.145. The second-order valence-electron chi connectivity index (χ2n) is 4.74. The van der Waals surface area contributed by atoms with E-state index in [0.29, 0.717) is 12.5 Å². The molecule has 1 aliphatic heterocycles. The van der Waals surface area contributed by atoms with Gasteiger partial charge in [-0.1, -0.05) is 6.92 Å². The largest absolute Gasteiger partial charge is 0.464 e. The number of nitrogens with two attached hydrogens (primary N) is 1. The number of likely N-dealkylation sites (tertiary alicyclic amines) is 1. The van der Waals surface area contributed by atoms with Crippen molar-refractivity contribution in [2.24, 2.45) is 11.7 Å². The van der Waals surface area contributed by atoms with E-state index < -0.39 is 12.0 Å². The fourth-order valence-electron chi connectivity index (χ4n) is 2.25. The van der Waals surface area contributed by atoms with Crippen LogP contribution in [0.2, 0.25) is 0 Å². The van der Waals surface area contributed by atoms with Gasteiger partial charge >= 0.3 is 5.97 Å². The average Bonchev–Trinajstić information content (AvgIpc) is 2.27. The van der Waals surface area contributed by atoms with Crippen molar-refractivity contribution in [1.82, 2.24) is 4.90 Å². The Morgan fingerprint density at radius 3 is 2.65 bits per heavy atom. The van der Waals surface area contributed by atoms with Crippen LogP contribution in [0.4, 0.5) is 0 Å². The zero-order valence-electron chi connectivity index (χ0n) is 10.8. The number of carbonyl (C=O) groups excluding carboxylic acids is 2. The molecule has 1 saturated heterocycles. The first-order chi connectivity index (χ1) is 7.97. The number of ether oxygens (including phenoxy) is 1. The molecule has 1 rings (SSSR count). The molecule has 3 atom stereocenters. The quantitative estimate of drug-likeness (QED) is 0.578. The van der Waals surface area contributed by atoms with Crippen molar-refractivity contribution in [3.8, 4) is 0 Å². The second-order valence-corrected chi connectivity index (χ2v) is 4.74. The lowest BCUT2D eigenvalue weighted by atomic mass is 9.93. The number of amides is 1. The van der Waals surface area contributed by atoms with Gasteiger partial charge in [0.15, 0.2) is 6.04 Å². The van der Waals surface area contributed by atoms with Gasteiger partial charge in [0.1, 0.15) is 0 Å². The van der Waals surface area contributed by atoms with Crippen molar-refractivity contribution in [2.45, 2.75) is 45.7 Å². The summed E-state index contributed by atoms with van der Waals surface area (Å²) in [5.74, 6) is -0.334. The van der Waals surface area contributed by atoms with Crippen LogP contribution in [0.5, 0.6) is 0 Å². The number of carbonyl (C=O) groups is 2. The molecule has 5 heteroatoms. The van der Waals surface area contributed by atoms with Crippen LogP contribution >= 0.6 is 0 Å². The summed E-state index contributed by atoms with van der Waals surface area (Å²) in [6.07, 6.45) is 1.92. The highest BCUT2D eigenvalue weighted by Crippen LogP contribution is 2.22. The monoisotopic (exact) mass is 242 g/mol. The Kier molecular flexibility index (Phi) is 4.93. The van der Waals surface area contributed by atoms with Crippen LogP contribution in [0.15, 0.2) is 0 Å². The summed E-state index contributed by atoms with van der Waals surface area (Å²) < 4.78 is 4.76. The minimum Gasteiger partial charge on any atom is -0.464 e. The van der Waals surface area contributed by atoms with Crippen molar-refractivity contribution in [3.05, 3.63) is 0 Å². The van der Waals surface area contributed by atoms with E-state index in [9.17, 15) is 9.59 Å². The Morgan fingerprint density at radius 1 is 1.47 bits per heavy atom. The zero-order valence-corrected chi connectivity index (χ0v) is 10.8. The molecule has 0 spiro atoms. The number of rotatable bonds is 3. The average molecular weight is 242 g/mol. The van der Waals surface area contributed by atoms with E-state index >= 15 is 0 Å². The Hall–Kier alpha value is -1.10. The maximum atomic E-state index is 12.0. The SMILES string of the molecule is CCOC(=O)C(N)C(=O)N1CCC(C)CC1C. The van der Waals surface area contributed by atoms with Crippen LogP contribution in [0, 0.1) is 5.92 Å². The minimum atomic E-state index is -1.18. The third-order valence-corrected chi connectivity index (χ3v) is 3.23. The maximum Gasteiger partial charge on any atom is 0.332 e. The van der Waals surface area contributed by atoms with Crippen molar-refractivity contribution in [2.75, 3.05) is 13.2 Å². The van der Waals surface area contributed by atoms with Gasteiger partial charge in [-0.3, -0.25) is 4.79 Å². The lowest BCUT2D eigenvalue weighted by Crippen LogP contribution is -2.54. The summed E-state index contributed by atoms with van der Waals surface area (Å²) in [6, 6.07) is -1.03. The molecule has 0 aliphatic carbocycles. The molecule has 0 aromatic rings. The van der Waals surface area contributed by atoms with Crippen molar-refractivity contribution in [1.29, 1.82) is 0 Å². The molecule has 0 saturated carbocycles. The van der Waals surface area contributed by atoms with Crippen LogP contribution in [-0.2, 0) is 14.3 Å². The third kappa shape index (κ3) is 3.43. The second kappa shape index (κ2) is 6.00. The smallest absolute Gasteiger partial charge is 0.332 e. The normalized spacial score (nSPS) is 26.5. The van der Waals surface area contributed by atoms with Gasteiger partial charge in [0.25, 0.3) is 5.91 Å². The molecule has 3 unspecified atom stereocenters. The first-order valence-corrected chi connectivity index (χ1v) is 6.20. The summed E-state index contributed by atoms with van der Waals surface area (Å²) in [5.41, 5.74) is 5.61. The lowest BCUT2D eigenvalue weighted by molar-refractivity contribution is -0.152. The Balaban J connectivity index is 2.60. The van der Waals surface area contributed by atoms with E-state index in [1.54, 1.807) is 11.8 Å². The van der Waals surface area contributed by atoms with E-state index in [2.05, 4.69) is 6.92 Å². The van der Waals surface area contributed by atoms with Gasteiger partial charge in [0.2, 0.25) is 0 Å². The summed E-state index contributed by atoms with van der Waals surface area (Å²) in [5, 5.41) is 0. The molecule has 2 N–H and O–H groups in total. The zero-order chi connectivity index (χ0) is 13.0. The number of hydrogen-bond acceptors (Lipinski definition) is 4. The van der Waals surface area contributed by atoms with Crippen molar-refractivity contribution >= 4 is 11.9 Å². The van der Waals surface area contributed by atoms with E-state index in [1.807, 2.05) is 6.92 Å². The highest BCUT2D eigenvalue weighted by atomic mass is 16.5. The van der Waals surface area contributed by atoms with Crippen LogP contribution in [-0.4, -0.2) is 42.0 Å². The van der Waals surface area contributed by atoms with Gasteiger partial charge in [0.05, 0.1) is 6.61 Å². The molecular weight excluding hydrogens is 220 g/mol. The highest BCUT2D eigenvalue weighted by Gasteiger charge is 2.33. The first kappa shape index (κ1) is 14.0. The molecule has 1 amide bonds. The predicted octanol–water partition coefficient (Wildman–Crippen LogP) is 0.524. The Labute approximate surface area is 102 Å². The Morgan fingerprint density at radius 2 is 2.12 bits per heavy atom. The van der Waals surface area contributed by atoms with Gasteiger partial charge in [-0.25, -0.2) is 4.79 Å². The van der Waals surface area contributed by atoms with E-state index in [-0.39, 0.29) is 18.6 Å². The van der Waals surface area contributed by atoms with Gasteiger partial charge in [-0.05, 0) is 32.6 Å². The van der Waals surface area contributed by atoms with Crippen molar-refractivity contribution < 1.29 is 14.3 Å². The fourth-order valence-corrected chi connectivity index (χ4v) is 2.25.